The molecule has 0 spiro atoms. The van der Waals surface area contributed by atoms with E-state index in [4.69, 9.17) is 9.84 Å². The molecule has 0 saturated carbocycles. The number of hydrogen-bond acceptors (Lipinski definition) is 3. The summed E-state index contributed by atoms with van der Waals surface area (Å²) >= 11 is 0. The lowest BCUT2D eigenvalue weighted by molar-refractivity contribution is -0.147. The molecule has 0 fully saturated rings. The van der Waals surface area contributed by atoms with Crippen LogP contribution in [0.5, 0.6) is 0 Å². The van der Waals surface area contributed by atoms with E-state index in [0.29, 0.717) is 6.42 Å². The van der Waals surface area contributed by atoms with E-state index in [1.54, 1.807) is 0 Å². The van der Waals surface area contributed by atoms with Crippen molar-refractivity contribution >= 4 is 11.9 Å². The molecule has 0 aromatic carbocycles. The summed E-state index contributed by atoms with van der Waals surface area (Å²) in [4.78, 5) is 21.4. The Bertz CT molecular complexity index is 211. The van der Waals surface area contributed by atoms with Gasteiger partial charge in [-0.2, -0.15) is 0 Å². The molecular formula is C12H22O4. The Hall–Kier alpha value is -1.06. The van der Waals surface area contributed by atoms with Crippen molar-refractivity contribution in [2.75, 3.05) is 0 Å². The normalized spacial score (nSPS) is 10.4. The van der Waals surface area contributed by atoms with Crippen LogP contribution in [0.4, 0.5) is 0 Å². The minimum Gasteiger partial charge on any atom is -0.481 e. The summed E-state index contributed by atoms with van der Waals surface area (Å²) in [7, 11) is 0. The summed E-state index contributed by atoms with van der Waals surface area (Å²) in [5.74, 6) is -0.874. The summed E-state index contributed by atoms with van der Waals surface area (Å²) in [6, 6.07) is 0. The minimum atomic E-state index is -0.736. The molecule has 4 nitrogen and oxygen atoms in total. The minimum absolute atomic E-state index is 0.0388. The van der Waals surface area contributed by atoms with Gasteiger partial charge < -0.3 is 9.84 Å². The zero-order valence-corrected chi connectivity index (χ0v) is 10.2. The first-order chi connectivity index (χ1) is 7.52. The van der Waals surface area contributed by atoms with Gasteiger partial charge in [-0.15, -0.1) is 0 Å². The number of esters is 1. The van der Waals surface area contributed by atoms with E-state index in [-0.39, 0.29) is 18.5 Å². The fourth-order valence-corrected chi connectivity index (χ4v) is 1.40. The summed E-state index contributed by atoms with van der Waals surface area (Å²) in [6.07, 6.45) is 5.11. The number of rotatable bonds is 9. The fourth-order valence-electron chi connectivity index (χ4n) is 1.40. The molecule has 0 aromatic rings. The van der Waals surface area contributed by atoms with Crippen molar-refractivity contribution in [2.24, 2.45) is 0 Å². The smallest absolute Gasteiger partial charge is 0.306 e. The first kappa shape index (κ1) is 14.9. The van der Waals surface area contributed by atoms with Crippen molar-refractivity contribution in [3.63, 3.8) is 0 Å². The van der Waals surface area contributed by atoms with Gasteiger partial charge in [0, 0.05) is 12.8 Å². The maximum absolute atomic E-state index is 11.1. The van der Waals surface area contributed by atoms with Gasteiger partial charge >= 0.3 is 11.9 Å². The van der Waals surface area contributed by atoms with Crippen LogP contribution in [-0.2, 0) is 14.3 Å². The van der Waals surface area contributed by atoms with E-state index < -0.39 is 5.97 Å². The Morgan fingerprint density at radius 2 is 1.50 bits per heavy atom. The second-order valence-electron chi connectivity index (χ2n) is 4.20. The molecule has 0 heterocycles. The highest BCUT2D eigenvalue weighted by molar-refractivity contribution is 5.69. The maximum atomic E-state index is 11.1. The molecular weight excluding hydrogens is 208 g/mol. The summed E-state index contributed by atoms with van der Waals surface area (Å²) < 4.78 is 4.99. The fraction of sp³-hybridized carbons (Fsp3) is 0.833. The SMILES string of the molecule is CC(C)OC(=O)CCCCCCCC(=O)O. The number of carboxylic acids is 1. The molecule has 0 aromatic heterocycles. The molecule has 0 aliphatic rings. The van der Waals surface area contributed by atoms with E-state index >= 15 is 0 Å². The number of carbonyl (C=O) groups excluding carboxylic acids is 1. The third kappa shape index (κ3) is 11.0. The van der Waals surface area contributed by atoms with Crippen LogP contribution in [0.25, 0.3) is 0 Å². The number of hydrogen-bond donors (Lipinski definition) is 1. The molecule has 1 N–H and O–H groups in total. The number of ether oxygens (including phenoxy) is 1. The van der Waals surface area contributed by atoms with Gasteiger partial charge in [-0.05, 0) is 26.7 Å². The van der Waals surface area contributed by atoms with Gasteiger partial charge in [0.15, 0.2) is 0 Å². The summed E-state index contributed by atoms with van der Waals surface area (Å²) in [5.41, 5.74) is 0. The molecule has 94 valence electrons. The van der Waals surface area contributed by atoms with Gasteiger partial charge in [0.05, 0.1) is 6.10 Å². The standard InChI is InChI=1S/C12H22O4/c1-10(2)16-12(15)9-7-5-3-4-6-8-11(13)14/h10H,3-9H2,1-2H3,(H,13,14). The van der Waals surface area contributed by atoms with Gasteiger partial charge in [-0.1, -0.05) is 19.3 Å². The Morgan fingerprint density at radius 1 is 1.00 bits per heavy atom. The Labute approximate surface area is 97.0 Å². The highest BCUT2D eigenvalue weighted by atomic mass is 16.5. The highest BCUT2D eigenvalue weighted by Gasteiger charge is 2.04. The predicted molar refractivity (Wildman–Crippen MR) is 61.2 cm³/mol. The third-order valence-corrected chi connectivity index (χ3v) is 2.14. The Balaban J connectivity index is 3.20. The quantitative estimate of drug-likeness (QED) is 0.488. The van der Waals surface area contributed by atoms with Gasteiger partial charge in [-0.25, -0.2) is 0 Å². The van der Waals surface area contributed by atoms with E-state index in [9.17, 15) is 9.59 Å². The van der Waals surface area contributed by atoms with Crippen LogP contribution >= 0.6 is 0 Å². The van der Waals surface area contributed by atoms with E-state index in [2.05, 4.69) is 0 Å². The van der Waals surface area contributed by atoms with Crippen molar-refractivity contribution in [2.45, 2.75) is 64.9 Å². The number of unbranched alkanes of at least 4 members (excludes halogenated alkanes) is 4. The monoisotopic (exact) mass is 230 g/mol. The lowest BCUT2D eigenvalue weighted by Gasteiger charge is -2.07. The van der Waals surface area contributed by atoms with E-state index in [1.807, 2.05) is 13.8 Å². The van der Waals surface area contributed by atoms with Gasteiger partial charge in [0.2, 0.25) is 0 Å². The lowest BCUT2D eigenvalue weighted by atomic mass is 10.1. The third-order valence-electron chi connectivity index (χ3n) is 2.14. The van der Waals surface area contributed by atoms with Crippen LogP contribution in [0.15, 0.2) is 0 Å². The van der Waals surface area contributed by atoms with Crippen LogP contribution in [0.3, 0.4) is 0 Å². The molecule has 16 heavy (non-hydrogen) atoms. The average Bonchev–Trinajstić information content (AvgIpc) is 2.14. The molecule has 0 saturated heterocycles. The average molecular weight is 230 g/mol. The second-order valence-corrected chi connectivity index (χ2v) is 4.20. The molecule has 4 heteroatoms. The lowest BCUT2D eigenvalue weighted by Crippen LogP contribution is -2.10. The van der Waals surface area contributed by atoms with Crippen LogP contribution < -0.4 is 0 Å². The molecule has 0 unspecified atom stereocenters. The molecule has 0 radical (unpaired) electrons. The number of carbonyl (C=O) groups is 2. The van der Waals surface area contributed by atoms with Crippen molar-refractivity contribution in [3.8, 4) is 0 Å². The topological polar surface area (TPSA) is 63.6 Å². The van der Waals surface area contributed by atoms with Crippen LogP contribution in [0.1, 0.15) is 58.8 Å². The van der Waals surface area contributed by atoms with Gasteiger partial charge in [0.25, 0.3) is 0 Å². The molecule has 0 rings (SSSR count). The van der Waals surface area contributed by atoms with Crippen LogP contribution in [0, 0.1) is 0 Å². The van der Waals surface area contributed by atoms with Crippen molar-refractivity contribution in [3.05, 3.63) is 0 Å². The predicted octanol–water partition coefficient (Wildman–Crippen LogP) is 2.75. The van der Waals surface area contributed by atoms with Gasteiger partial charge in [0.1, 0.15) is 0 Å². The first-order valence-corrected chi connectivity index (χ1v) is 5.93. The van der Waals surface area contributed by atoms with E-state index in [0.717, 1.165) is 32.1 Å². The number of carboxylic acid groups (broad SMARTS) is 1. The van der Waals surface area contributed by atoms with Crippen molar-refractivity contribution in [1.29, 1.82) is 0 Å². The van der Waals surface area contributed by atoms with Gasteiger partial charge in [-0.3, -0.25) is 9.59 Å². The molecule has 0 bridgehead atoms. The van der Waals surface area contributed by atoms with E-state index in [1.165, 1.54) is 0 Å². The summed E-state index contributed by atoms with van der Waals surface area (Å²) in [6.45, 7) is 3.67. The van der Waals surface area contributed by atoms with Crippen LogP contribution in [-0.4, -0.2) is 23.1 Å². The second kappa shape index (κ2) is 9.19. The Morgan fingerprint density at radius 3 is 2.00 bits per heavy atom. The van der Waals surface area contributed by atoms with Crippen molar-refractivity contribution < 1.29 is 19.4 Å². The number of aliphatic carboxylic acids is 1. The van der Waals surface area contributed by atoms with Crippen LogP contribution in [0.2, 0.25) is 0 Å². The molecule has 0 atom stereocenters. The molecule has 0 aliphatic heterocycles. The zero-order chi connectivity index (χ0) is 12.4. The van der Waals surface area contributed by atoms with Crippen molar-refractivity contribution in [1.82, 2.24) is 0 Å². The summed E-state index contributed by atoms with van der Waals surface area (Å²) in [5, 5.41) is 8.41. The first-order valence-electron chi connectivity index (χ1n) is 5.93. The molecule has 0 aliphatic carbocycles. The maximum Gasteiger partial charge on any atom is 0.306 e. The largest absolute Gasteiger partial charge is 0.481 e. The highest BCUT2D eigenvalue weighted by Crippen LogP contribution is 2.08. The molecule has 0 amide bonds. The Kier molecular flexibility index (Phi) is 8.58. The zero-order valence-electron chi connectivity index (χ0n) is 10.2.